The van der Waals surface area contributed by atoms with Gasteiger partial charge in [-0.15, -0.1) is 0 Å². The standard InChI is InChI=1S/C52H38N4/c1-3-12-35(13-4-1)38-14-11-15-39(32-38)36-22-24-37(25-23-36)47-30-31-53-52(54-47)56-49-21-10-8-19-44(49)46-34-41(27-29-51(46)56)40-26-28-50-45(33-40)43-18-7-9-20-48(43)55(50)42-16-5-2-6-17-42/h1-22,24-34,36,52,54H,23H2. The first kappa shape index (κ1) is 32.3. The molecule has 0 radical (unpaired) electrons. The number of nitrogens with zero attached hydrogens (tertiary/aromatic N) is 3. The Hall–Kier alpha value is -7.17. The quantitative estimate of drug-likeness (QED) is 0.182. The van der Waals surface area contributed by atoms with Gasteiger partial charge in [0.1, 0.15) is 0 Å². The molecule has 0 saturated carbocycles. The minimum atomic E-state index is -0.279. The van der Waals surface area contributed by atoms with Gasteiger partial charge < -0.3 is 14.5 Å². The van der Waals surface area contributed by atoms with Crippen LogP contribution in [-0.2, 0) is 0 Å². The SMILES string of the molecule is C1=CC(c2cccc(-c3ccccc3)c2)CC=C1C1=CC=NC(n2c3ccccc3c3cc(-c4ccc5c(c4)c4ccccc4n5-c4ccccc4)ccc32)N1. The second-order valence-corrected chi connectivity index (χ2v) is 14.8. The number of para-hydroxylation sites is 3. The van der Waals surface area contributed by atoms with Crippen molar-refractivity contribution in [2.75, 3.05) is 0 Å². The lowest BCUT2D eigenvalue weighted by Gasteiger charge is -2.26. The van der Waals surface area contributed by atoms with Gasteiger partial charge in [0.15, 0.2) is 0 Å². The molecule has 11 rings (SSSR count). The number of aromatic nitrogens is 2. The smallest absolute Gasteiger partial charge is 0.200 e. The molecule has 1 N–H and O–H groups in total. The number of allylic oxidation sites excluding steroid dienone is 4. The van der Waals surface area contributed by atoms with Crippen LogP contribution in [0.4, 0.5) is 0 Å². The predicted molar refractivity (Wildman–Crippen MR) is 234 cm³/mol. The van der Waals surface area contributed by atoms with Crippen LogP contribution in [0.3, 0.4) is 0 Å². The first-order valence-electron chi connectivity index (χ1n) is 19.4. The van der Waals surface area contributed by atoms with E-state index >= 15 is 0 Å². The van der Waals surface area contributed by atoms with E-state index in [1.165, 1.54) is 71.7 Å². The monoisotopic (exact) mass is 718 g/mol. The van der Waals surface area contributed by atoms with Gasteiger partial charge >= 0.3 is 0 Å². The lowest BCUT2D eigenvalue weighted by molar-refractivity contribution is 0.486. The lowest BCUT2D eigenvalue weighted by Crippen LogP contribution is -2.28. The molecule has 7 aromatic carbocycles. The van der Waals surface area contributed by atoms with Gasteiger partial charge in [-0.2, -0.15) is 0 Å². The summed E-state index contributed by atoms with van der Waals surface area (Å²) in [5, 5.41) is 8.74. The van der Waals surface area contributed by atoms with Gasteiger partial charge in [0.2, 0.25) is 6.29 Å². The van der Waals surface area contributed by atoms with E-state index in [-0.39, 0.29) is 6.29 Å². The maximum atomic E-state index is 4.99. The summed E-state index contributed by atoms with van der Waals surface area (Å²) in [5.41, 5.74) is 14.4. The topological polar surface area (TPSA) is 34.2 Å². The van der Waals surface area contributed by atoms with E-state index in [0.29, 0.717) is 5.92 Å². The second-order valence-electron chi connectivity index (χ2n) is 14.8. The summed E-state index contributed by atoms with van der Waals surface area (Å²) in [6.45, 7) is 0. The molecule has 0 spiro atoms. The van der Waals surface area contributed by atoms with Crippen LogP contribution in [0.5, 0.6) is 0 Å². The fraction of sp³-hybridized carbons (Fsp3) is 0.0577. The van der Waals surface area contributed by atoms with Crippen molar-refractivity contribution in [3.05, 3.63) is 211 Å². The Labute approximate surface area is 325 Å². The van der Waals surface area contributed by atoms with Crippen molar-refractivity contribution in [2.45, 2.75) is 18.6 Å². The van der Waals surface area contributed by atoms with Crippen molar-refractivity contribution >= 4 is 49.8 Å². The van der Waals surface area contributed by atoms with Crippen molar-refractivity contribution in [3.8, 4) is 27.9 Å². The van der Waals surface area contributed by atoms with E-state index < -0.39 is 0 Å². The van der Waals surface area contributed by atoms with Crippen molar-refractivity contribution in [3.63, 3.8) is 0 Å². The van der Waals surface area contributed by atoms with Crippen LogP contribution >= 0.6 is 0 Å². The second kappa shape index (κ2) is 13.3. The van der Waals surface area contributed by atoms with Crippen molar-refractivity contribution < 1.29 is 0 Å². The van der Waals surface area contributed by atoms with Gasteiger partial charge in [-0.05, 0) is 94.4 Å². The zero-order valence-electron chi connectivity index (χ0n) is 30.8. The molecule has 1 aliphatic carbocycles. The molecule has 4 nitrogen and oxygen atoms in total. The Bertz CT molecular complexity index is 3080. The molecule has 266 valence electrons. The highest BCUT2D eigenvalue weighted by molar-refractivity contribution is 6.12. The predicted octanol–water partition coefficient (Wildman–Crippen LogP) is 12.9. The molecule has 4 heteroatoms. The molecular weight excluding hydrogens is 681 g/mol. The fourth-order valence-corrected chi connectivity index (χ4v) is 8.83. The third kappa shape index (κ3) is 5.41. The van der Waals surface area contributed by atoms with Crippen LogP contribution < -0.4 is 5.32 Å². The summed E-state index contributed by atoms with van der Waals surface area (Å²) in [6.07, 6.45) is 11.7. The molecule has 0 fully saturated rings. The summed E-state index contributed by atoms with van der Waals surface area (Å²) in [4.78, 5) is 4.99. The summed E-state index contributed by atoms with van der Waals surface area (Å²) in [6, 6.07) is 61.4. The Kier molecular flexibility index (Phi) is 7.66. The molecule has 2 aliphatic rings. The Morgan fingerprint density at radius 2 is 1.12 bits per heavy atom. The molecule has 3 heterocycles. The summed E-state index contributed by atoms with van der Waals surface area (Å²) in [7, 11) is 0. The maximum Gasteiger partial charge on any atom is 0.200 e. The molecule has 2 unspecified atom stereocenters. The highest BCUT2D eigenvalue weighted by atomic mass is 15.3. The third-order valence-corrected chi connectivity index (χ3v) is 11.6. The van der Waals surface area contributed by atoms with Crippen LogP contribution in [0.25, 0.3) is 71.6 Å². The highest BCUT2D eigenvalue weighted by Gasteiger charge is 2.23. The van der Waals surface area contributed by atoms with Crippen LogP contribution in [0.2, 0.25) is 0 Å². The van der Waals surface area contributed by atoms with Gasteiger partial charge in [0, 0.05) is 45.1 Å². The Balaban J connectivity index is 0.908. The first-order valence-corrected chi connectivity index (χ1v) is 19.4. The average Bonchev–Trinajstić information content (AvgIpc) is 3.79. The van der Waals surface area contributed by atoms with Crippen molar-refractivity contribution in [1.29, 1.82) is 0 Å². The number of rotatable bonds is 6. The number of aliphatic imine (C=N–C) groups is 1. The number of nitrogens with one attached hydrogen (secondary N) is 1. The Morgan fingerprint density at radius 1 is 0.518 bits per heavy atom. The van der Waals surface area contributed by atoms with Crippen LogP contribution in [0.1, 0.15) is 24.2 Å². The number of hydrogen-bond donors (Lipinski definition) is 1. The van der Waals surface area contributed by atoms with Crippen LogP contribution in [-0.4, -0.2) is 15.3 Å². The summed E-state index contributed by atoms with van der Waals surface area (Å²) in [5.74, 6) is 0.339. The summed E-state index contributed by atoms with van der Waals surface area (Å²) >= 11 is 0. The van der Waals surface area contributed by atoms with E-state index in [1.807, 2.05) is 6.21 Å². The van der Waals surface area contributed by atoms with E-state index in [0.717, 1.165) is 23.2 Å². The number of hydrogen-bond acceptors (Lipinski definition) is 2. The largest absolute Gasteiger partial charge is 0.346 e. The molecular formula is C52H38N4. The van der Waals surface area contributed by atoms with Gasteiger partial charge in [0.05, 0.1) is 22.1 Å². The third-order valence-electron chi connectivity index (χ3n) is 11.6. The zero-order chi connectivity index (χ0) is 37.0. The molecule has 2 atom stereocenters. The van der Waals surface area contributed by atoms with Crippen molar-refractivity contribution in [1.82, 2.24) is 14.5 Å². The van der Waals surface area contributed by atoms with E-state index in [1.54, 1.807) is 0 Å². The van der Waals surface area contributed by atoms with Gasteiger partial charge in [-0.1, -0.05) is 140 Å². The van der Waals surface area contributed by atoms with Crippen LogP contribution in [0.15, 0.2) is 210 Å². The maximum absolute atomic E-state index is 4.99. The minimum Gasteiger partial charge on any atom is -0.346 e. The highest BCUT2D eigenvalue weighted by Crippen LogP contribution is 2.39. The molecule has 9 aromatic rings. The van der Waals surface area contributed by atoms with E-state index in [2.05, 4.69) is 209 Å². The van der Waals surface area contributed by atoms with E-state index in [9.17, 15) is 0 Å². The molecule has 2 aromatic heterocycles. The molecule has 0 bridgehead atoms. The van der Waals surface area contributed by atoms with Gasteiger partial charge in [0.25, 0.3) is 0 Å². The molecule has 1 aliphatic heterocycles. The number of benzene rings is 7. The summed E-state index contributed by atoms with van der Waals surface area (Å²) < 4.78 is 4.72. The molecule has 0 amide bonds. The van der Waals surface area contributed by atoms with Gasteiger partial charge in [-0.3, -0.25) is 0 Å². The average molecular weight is 719 g/mol. The molecule has 0 saturated heterocycles. The molecule has 56 heavy (non-hydrogen) atoms. The lowest BCUT2D eigenvalue weighted by atomic mass is 9.88. The Morgan fingerprint density at radius 3 is 1.89 bits per heavy atom. The fourth-order valence-electron chi connectivity index (χ4n) is 8.83. The minimum absolute atomic E-state index is 0.279. The normalized spacial score (nSPS) is 16.7. The van der Waals surface area contributed by atoms with Crippen molar-refractivity contribution in [2.24, 2.45) is 4.99 Å². The first-order chi connectivity index (χ1) is 27.8. The number of fused-ring (bicyclic) bond motifs is 6. The zero-order valence-corrected chi connectivity index (χ0v) is 30.8. The van der Waals surface area contributed by atoms with Gasteiger partial charge in [-0.25, -0.2) is 4.99 Å². The van der Waals surface area contributed by atoms with Crippen LogP contribution in [0, 0.1) is 0 Å². The van der Waals surface area contributed by atoms with E-state index in [4.69, 9.17) is 4.99 Å².